The van der Waals surface area contributed by atoms with Crippen LogP contribution < -0.4 is 26.0 Å². The normalized spacial score (nSPS) is 11.7. The summed E-state index contributed by atoms with van der Waals surface area (Å²) in [4.78, 5) is 63.2. The maximum absolute atomic E-state index is 15.1. The minimum Gasteiger partial charge on any atom is -0.478 e. The molecule has 6 rings (SSSR count). The highest BCUT2D eigenvalue weighted by Gasteiger charge is 2.72. The number of Topliss-reactive ketones (excluding diaryl/α,β-unsaturated/α-hetero) is 1. The molecule has 2 aromatic heterocycles. The molecule has 0 fully saturated rings. The molecule has 0 atom stereocenters. The van der Waals surface area contributed by atoms with Gasteiger partial charge in [-0.2, -0.15) is 26.3 Å². The molecule has 6 aromatic rings. The van der Waals surface area contributed by atoms with Crippen LogP contribution in [0.4, 0.5) is 49.1 Å². The fraction of sp³-hybridized carbons (Fsp3) is 0.140. The summed E-state index contributed by atoms with van der Waals surface area (Å²) in [5.41, 5.74) is -10.6. The lowest BCUT2D eigenvalue weighted by Crippen LogP contribution is -2.55. The number of carboxylic acid groups (broad SMARTS) is 2. The zero-order valence-corrected chi connectivity index (χ0v) is 32.5. The maximum atomic E-state index is 15.1. The summed E-state index contributed by atoms with van der Waals surface area (Å²) in [6, 6.07) is 17.1. The Bertz CT molecular complexity index is 2700. The van der Waals surface area contributed by atoms with E-state index in [9.17, 15) is 34.2 Å². The number of carboxylic acids is 2. The van der Waals surface area contributed by atoms with E-state index in [1.54, 1.807) is 37.4 Å². The van der Waals surface area contributed by atoms with Crippen molar-refractivity contribution in [3.05, 3.63) is 149 Å². The number of benzene rings is 4. The van der Waals surface area contributed by atoms with E-state index in [4.69, 9.17) is 13.6 Å². The molecule has 0 saturated heterocycles. The number of anilines is 4. The summed E-state index contributed by atoms with van der Waals surface area (Å²) in [6.07, 6.45) is -9.92. The molecule has 0 saturated carbocycles. The van der Waals surface area contributed by atoms with Gasteiger partial charge in [0, 0.05) is 18.7 Å². The van der Waals surface area contributed by atoms with Crippen LogP contribution in [0, 0.1) is 0 Å². The Kier molecular flexibility index (Phi) is 12.4. The highest BCUT2D eigenvalue weighted by Crippen LogP contribution is 2.56. The molecule has 0 aliphatic carbocycles. The van der Waals surface area contributed by atoms with Crippen molar-refractivity contribution in [3.63, 3.8) is 0 Å². The van der Waals surface area contributed by atoms with E-state index in [-0.39, 0.29) is 54.1 Å². The molecule has 2 amide bonds. The molecule has 2 heterocycles. The maximum Gasteiger partial charge on any atom is 0.411 e. The molecule has 0 unspecified atom stereocenters. The molecular formula is C43H32F6N4O10. The van der Waals surface area contributed by atoms with Crippen LogP contribution in [0.2, 0.25) is 0 Å². The van der Waals surface area contributed by atoms with Gasteiger partial charge in [-0.15, -0.1) is 0 Å². The van der Waals surface area contributed by atoms with E-state index in [1.165, 1.54) is 42.9 Å². The monoisotopic (exact) mass is 878 g/mol. The highest BCUT2D eigenvalue weighted by molar-refractivity contribution is 6.12. The van der Waals surface area contributed by atoms with Crippen LogP contribution in [-0.2, 0) is 5.41 Å². The third-order valence-electron chi connectivity index (χ3n) is 9.70. The SMILES string of the molecule is CNc1cc(-c2ccc(NCOc3ccco3)c(NC(=O)c3ccc(C(c4ccc(C(C)=O)c(C(=O)O)c4)(C(F)(F)F)C(F)(F)F)cc3C(=O)O)c2)ccc1NC(=O)c1ccco1. The molecule has 0 spiro atoms. The summed E-state index contributed by atoms with van der Waals surface area (Å²) >= 11 is 0. The molecule has 0 bridgehead atoms. The largest absolute Gasteiger partial charge is 0.478 e. The first-order valence-corrected chi connectivity index (χ1v) is 18.2. The van der Waals surface area contributed by atoms with Crippen LogP contribution in [0.15, 0.2) is 118 Å². The number of carbonyl (C=O) groups is 5. The molecule has 0 radical (unpaired) electrons. The second-order valence-corrected chi connectivity index (χ2v) is 13.5. The van der Waals surface area contributed by atoms with Crippen molar-refractivity contribution in [2.24, 2.45) is 0 Å². The molecule has 14 nitrogen and oxygen atoms in total. The molecule has 4 aromatic carbocycles. The number of halogens is 6. The summed E-state index contributed by atoms with van der Waals surface area (Å²) < 4.78 is 106. The van der Waals surface area contributed by atoms with Crippen LogP contribution in [-0.4, -0.2) is 65.9 Å². The van der Waals surface area contributed by atoms with Gasteiger partial charge in [0.1, 0.15) is 0 Å². The number of hydrogen-bond acceptors (Lipinski definition) is 10. The topological polar surface area (TPSA) is 209 Å². The number of carbonyl (C=O) groups excluding carboxylic acids is 3. The standard InChI is InChI=1S/C43H32F6N4O10/c1-22(54)27-11-9-25(19-29(27)39(57)58)41(42(44,45)46,43(47,48)49)26-10-12-28(30(20-26)40(59)60)37(55)53-34-18-24(7-13-31(34)51-21-63-36-6-4-16-62-36)23-8-14-32(33(17-23)50-2)52-38(56)35-5-3-15-61-35/h3-20,50-51H,21H2,1-2H3,(H,52,56)(H,53,55)(H,57,58)(H,59,60). The minimum absolute atomic E-state index is 0.0375. The highest BCUT2D eigenvalue weighted by atomic mass is 19.4. The third kappa shape index (κ3) is 8.90. The minimum atomic E-state index is -6.30. The summed E-state index contributed by atoms with van der Waals surface area (Å²) in [5.74, 6) is -6.70. The average Bonchev–Trinajstić information content (AvgIpc) is 3.96. The fourth-order valence-electron chi connectivity index (χ4n) is 6.73. The van der Waals surface area contributed by atoms with Crippen LogP contribution >= 0.6 is 0 Å². The zero-order chi connectivity index (χ0) is 45.9. The Morgan fingerprint density at radius 1 is 0.603 bits per heavy atom. The van der Waals surface area contributed by atoms with Crippen LogP contribution in [0.3, 0.4) is 0 Å². The lowest BCUT2D eigenvalue weighted by Gasteiger charge is -2.38. The first kappa shape index (κ1) is 44.5. The predicted octanol–water partition coefficient (Wildman–Crippen LogP) is 9.54. The summed E-state index contributed by atoms with van der Waals surface area (Å²) in [5, 5.41) is 30.8. The number of ketones is 1. The van der Waals surface area contributed by atoms with Crippen molar-refractivity contribution in [2.75, 3.05) is 35.0 Å². The molecule has 0 aliphatic heterocycles. The van der Waals surface area contributed by atoms with Gasteiger partial charge >= 0.3 is 24.3 Å². The van der Waals surface area contributed by atoms with Gasteiger partial charge in [-0.05, 0) is 89.8 Å². The van der Waals surface area contributed by atoms with E-state index in [0.29, 0.717) is 34.6 Å². The third-order valence-corrected chi connectivity index (χ3v) is 9.70. The second kappa shape index (κ2) is 17.5. The van der Waals surface area contributed by atoms with E-state index < -0.39 is 80.7 Å². The molecule has 20 heteroatoms. The number of rotatable bonds is 15. The number of amides is 2. The van der Waals surface area contributed by atoms with Crippen molar-refractivity contribution in [1.82, 2.24) is 0 Å². The Hall–Kier alpha value is -8.03. The van der Waals surface area contributed by atoms with Gasteiger partial charge in [-0.3, -0.25) is 14.4 Å². The van der Waals surface area contributed by atoms with E-state index in [2.05, 4.69) is 21.3 Å². The van der Waals surface area contributed by atoms with Crippen molar-refractivity contribution in [1.29, 1.82) is 0 Å². The molecule has 6 N–H and O–H groups in total. The number of hydrogen-bond donors (Lipinski definition) is 6. The number of alkyl halides is 6. The van der Waals surface area contributed by atoms with E-state index in [1.807, 2.05) is 0 Å². The Morgan fingerprint density at radius 3 is 1.67 bits per heavy atom. The van der Waals surface area contributed by atoms with Crippen LogP contribution in [0.5, 0.6) is 5.95 Å². The molecular weight excluding hydrogens is 846 g/mol. The molecule has 63 heavy (non-hydrogen) atoms. The molecule has 326 valence electrons. The summed E-state index contributed by atoms with van der Waals surface area (Å²) in [7, 11) is 1.59. The number of furan rings is 2. The van der Waals surface area contributed by atoms with Crippen molar-refractivity contribution in [2.45, 2.75) is 24.7 Å². The first-order valence-electron chi connectivity index (χ1n) is 18.2. The lowest BCUT2D eigenvalue weighted by atomic mass is 9.71. The first-order chi connectivity index (χ1) is 29.8. The van der Waals surface area contributed by atoms with Gasteiger partial charge in [-0.25, -0.2) is 9.59 Å². The zero-order valence-electron chi connectivity index (χ0n) is 32.5. The van der Waals surface area contributed by atoms with Gasteiger partial charge in [0.25, 0.3) is 17.8 Å². The van der Waals surface area contributed by atoms with E-state index >= 15 is 26.3 Å². The van der Waals surface area contributed by atoms with Gasteiger partial charge in [0.05, 0.1) is 52.0 Å². The smallest absolute Gasteiger partial charge is 0.411 e. The Balaban J connectivity index is 1.42. The second-order valence-electron chi connectivity index (χ2n) is 13.5. The van der Waals surface area contributed by atoms with Gasteiger partial charge in [-0.1, -0.05) is 30.3 Å². The van der Waals surface area contributed by atoms with Gasteiger partial charge < -0.3 is 45.1 Å². The van der Waals surface area contributed by atoms with Crippen LogP contribution in [0.1, 0.15) is 70.0 Å². The Morgan fingerprint density at radius 2 is 1.14 bits per heavy atom. The van der Waals surface area contributed by atoms with E-state index in [0.717, 1.165) is 6.92 Å². The Labute approximate surface area is 351 Å². The number of nitrogens with one attached hydrogen (secondary N) is 4. The van der Waals surface area contributed by atoms with Crippen molar-refractivity contribution in [3.8, 4) is 17.1 Å². The average molecular weight is 879 g/mol. The van der Waals surface area contributed by atoms with Crippen LogP contribution in [0.25, 0.3) is 11.1 Å². The fourth-order valence-corrected chi connectivity index (χ4v) is 6.73. The summed E-state index contributed by atoms with van der Waals surface area (Å²) in [6.45, 7) is 0.603. The quantitative estimate of drug-likeness (QED) is 0.0324. The number of aromatic carboxylic acids is 2. The predicted molar refractivity (Wildman–Crippen MR) is 214 cm³/mol. The lowest BCUT2D eigenvalue weighted by molar-refractivity contribution is -0.288. The van der Waals surface area contributed by atoms with Crippen molar-refractivity contribution < 1.29 is 74.1 Å². The van der Waals surface area contributed by atoms with Crippen molar-refractivity contribution >= 4 is 52.3 Å². The van der Waals surface area contributed by atoms with Gasteiger partial charge in [0.2, 0.25) is 5.41 Å². The molecule has 0 aliphatic rings. The number of ether oxygens (including phenoxy) is 1. The van der Waals surface area contributed by atoms with Gasteiger partial charge in [0.15, 0.2) is 18.3 Å².